The predicted octanol–water partition coefficient (Wildman–Crippen LogP) is 2.23. The van der Waals surface area contributed by atoms with Gasteiger partial charge in [0.2, 0.25) is 5.78 Å². The number of ketones is 1. The number of nitrogens with zero attached hydrogens (tertiary/aromatic N) is 5. The Kier molecular flexibility index (Phi) is 8.37. The fourth-order valence-corrected chi connectivity index (χ4v) is 5.21. The molecule has 3 aliphatic rings. The van der Waals surface area contributed by atoms with Crippen molar-refractivity contribution in [1.82, 2.24) is 9.80 Å². The van der Waals surface area contributed by atoms with Crippen LogP contribution in [-0.2, 0) is 4.79 Å². The van der Waals surface area contributed by atoms with Gasteiger partial charge in [0.1, 0.15) is 0 Å². The Morgan fingerprint density at radius 3 is 2.40 bits per heavy atom. The zero-order chi connectivity index (χ0) is 28.1. The van der Waals surface area contributed by atoms with Crippen molar-refractivity contribution >= 4 is 34.2 Å². The highest BCUT2D eigenvalue weighted by Crippen LogP contribution is 2.27. The smallest absolute Gasteiger partial charge is 0.204 e. The van der Waals surface area contributed by atoms with E-state index in [2.05, 4.69) is 56.6 Å². The highest BCUT2D eigenvalue weighted by Gasteiger charge is 2.28. The van der Waals surface area contributed by atoms with Crippen LogP contribution in [0.1, 0.15) is 6.42 Å². The van der Waals surface area contributed by atoms with E-state index in [4.69, 9.17) is 5.73 Å². The molecular formula is C30H37N7O3. The summed E-state index contributed by atoms with van der Waals surface area (Å²) in [6.45, 7) is 3.79. The molecule has 0 saturated carbocycles. The molecule has 1 aliphatic carbocycles. The molecule has 2 aliphatic heterocycles. The SMILES string of the molecule is CN1C=CN(C2CCN(c3ccc(NC4=CC(=Nc5ccc(N(CCO)CCO)cc5)C(N)=CC4=O)cc3)C2)C1. The molecule has 2 aromatic carbocycles. The molecule has 0 aromatic heterocycles. The van der Waals surface area contributed by atoms with Crippen LogP contribution in [0.3, 0.4) is 0 Å². The van der Waals surface area contributed by atoms with Crippen molar-refractivity contribution in [3.8, 4) is 0 Å². The summed E-state index contributed by atoms with van der Waals surface area (Å²) in [4.78, 5) is 26.2. The number of nitrogens with one attached hydrogen (secondary N) is 1. The lowest BCUT2D eigenvalue weighted by Gasteiger charge is -2.26. The van der Waals surface area contributed by atoms with Crippen LogP contribution in [0, 0.1) is 0 Å². The monoisotopic (exact) mass is 543 g/mol. The number of aliphatic hydroxyl groups excluding tert-OH is 2. The topological polar surface area (TPSA) is 121 Å². The van der Waals surface area contributed by atoms with Crippen LogP contribution in [-0.4, -0.2) is 90.7 Å². The summed E-state index contributed by atoms with van der Waals surface area (Å²) in [5, 5.41) is 21.8. The van der Waals surface area contributed by atoms with Crippen LogP contribution in [0.5, 0.6) is 0 Å². The number of hydrogen-bond donors (Lipinski definition) is 4. The molecule has 5 rings (SSSR count). The maximum atomic E-state index is 12.7. The Balaban J connectivity index is 1.24. The first-order valence-electron chi connectivity index (χ1n) is 13.6. The number of anilines is 3. The third-order valence-corrected chi connectivity index (χ3v) is 7.38. The Labute approximate surface area is 235 Å². The molecule has 0 radical (unpaired) electrons. The number of carbonyl (C=O) groups excluding carboxylic acids is 1. The summed E-state index contributed by atoms with van der Waals surface area (Å²) in [5.41, 5.74) is 10.9. The molecule has 10 heteroatoms. The van der Waals surface area contributed by atoms with E-state index in [1.807, 2.05) is 41.3 Å². The number of nitrogens with two attached hydrogens (primary N) is 1. The molecule has 2 aromatic rings. The number of benzene rings is 2. The van der Waals surface area contributed by atoms with Gasteiger partial charge in [0.25, 0.3) is 0 Å². The Hall–Kier alpha value is -4.28. The summed E-state index contributed by atoms with van der Waals surface area (Å²) >= 11 is 0. The van der Waals surface area contributed by atoms with E-state index in [-0.39, 0.29) is 19.0 Å². The van der Waals surface area contributed by atoms with Crippen LogP contribution in [0.25, 0.3) is 0 Å². The minimum atomic E-state index is -0.203. The van der Waals surface area contributed by atoms with Crippen LogP contribution in [0.2, 0.25) is 0 Å². The largest absolute Gasteiger partial charge is 0.397 e. The second-order valence-electron chi connectivity index (χ2n) is 10.2. The van der Waals surface area contributed by atoms with Crippen molar-refractivity contribution in [3.63, 3.8) is 0 Å². The van der Waals surface area contributed by atoms with Gasteiger partial charge >= 0.3 is 0 Å². The molecule has 0 amide bonds. The lowest BCUT2D eigenvalue weighted by atomic mass is 10.1. The van der Waals surface area contributed by atoms with E-state index >= 15 is 0 Å². The van der Waals surface area contributed by atoms with Crippen molar-refractivity contribution in [2.75, 3.05) is 68.2 Å². The molecule has 210 valence electrons. The molecule has 0 bridgehead atoms. The molecule has 2 heterocycles. The number of hydrogen-bond acceptors (Lipinski definition) is 10. The molecule has 40 heavy (non-hydrogen) atoms. The summed E-state index contributed by atoms with van der Waals surface area (Å²) in [5.74, 6) is -0.203. The predicted molar refractivity (Wildman–Crippen MR) is 160 cm³/mol. The average Bonchev–Trinajstić information content (AvgIpc) is 3.62. The highest BCUT2D eigenvalue weighted by molar-refractivity contribution is 6.23. The summed E-state index contributed by atoms with van der Waals surface area (Å²) in [6.07, 6.45) is 8.49. The Morgan fingerprint density at radius 1 is 1.02 bits per heavy atom. The van der Waals surface area contributed by atoms with Gasteiger partial charge in [-0.2, -0.15) is 0 Å². The zero-order valence-electron chi connectivity index (χ0n) is 22.8. The molecule has 10 nitrogen and oxygen atoms in total. The van der Waals surface area contributed by atoms with Crippen molar-refractivity contribution in [1.29, 1.82) is 0 Å². The van der Waals surface area contributed by atoms with Gasteiger partial charge < -0.3 is 40.9 Å². The third kappa shape index (κ3) is 6.30. The van der Waals surface area contributed by atoms with Gasteiger partial charge in [-0.05, 0) is 61.0 Å². The first-order valence-corrected chi connectivity index (χ1v) is 13.6. The quantitative estimate of drug-likeness (QED) is 0.334. The van der Waals surface area contributed by atoms with Gasteiger partial charge in [0, 0.05) is 74.8 Å². The van der Waals surface area contributed by atoms with E-state index in [1.54, 1.807) is 6.08 Å². The second-order valence-corrected chi connectivity index (χ2v) is 10.2. The minimum Gasteiger partial charge on any atom is -0.397 e. The van der Waals surface area contributed by atoms with E-state index in [0.29, 0.717) is 41.9 Å². The van der Waals surface area contributed by atoms with Gasteiger partial charge in [-0.15, -0.1) is 0 Å². The van der Waals surface area contributed by atoms with Crippen LogP contribution in [0.15, 0.2) is 89.5 Å². The first kappa shape index (κ1) is 27.3. The average molecular weight is 544 g/mol. The van der Waals surface area contributed by atoms with Crippen LogP contribution >= 0.6 is 0 Å². The molecular weight excluding hydrogens is 506 g/mol. The Bertz CT molecular complexity index is 1310. The van der Waals surface area contributed by atoms with E-state index in [1.165, 1.54) is 11.8 Å². The van der Waals surface area contributed by atoms with E-state index in [9.17, 15) is 15.0 Å². The van der Waals surface area contributed by atoms with E-state index < -0.39 is 0 Å². The second kappa shape index (κ2) is 12.3. The fraction of sp³-hybridized carbons (Fsp3) is 0.333. The van der Waals surface area contributed by atoms with Crippen LogP contribution in [0.4, 0.5) is 22.7 Å². The lowest BCUT2D eigenvalue weighted by molar-refractivity contribution is -0.111. The number of allylic oxidation sites excluding steroid dienone is 2. The van der Waals surface area contributed by atoms with Crippen molar-refractivity contribution in [2.45, 2.75) is 12.5 Å². The van der Waals surface area contributed by atoms with Gasteiger partial charge in [-0.1, -0.05) is 0 Å². The maximum Gasteiger partial charge on any atom is 0.204 e. The summed E-state index contributed by atoms with van der Waals surface area (Å²) < 4.78 is 0. The van der Waals surface area contributed by atoms with Gasteiger partial charge in [-0.3, -0.25) is 4.79 Å². The van der Waals surface area contributed by atoms with Crippen molar-refractivity contribution < 1.29 is 15.0 Å². The summed E-state index contributed by atoms with van der Waals surface area (Å²) in [7, 11) is 2.09. The molecule has 1 unspecified atom stereocenters. The standard InChI is InChI=1S/C30H37N7O3/c1-34-12-13-37(21-34)26-10-11-36(20-26)25-8-4-23(5-9-25)33-29-19-28(27(31)18-30(29)40)32-22-2-6-24(7-3-22)35(14-16-38)15-17-39/h2-9,12-13,18-19,26,33,38-39H,10-11,14-17,20-21,31H2,1H3. The molecule has 1 atom stereocenters. The highest BCUT2D eigenvalue weighted by atomic mass is 16.3. The normalized spacial score (nSPS) is 19.9. The number of rotatable bonds is 10. The molecule has 1 saturated heterocycles. The van der Waals surface area contributed by atoms with Crippen molar-refractivity contribution in [2.24, 2.45) is 10.7 Å². The minimum absolute atomic E-state index is 0.00398. The van der Waals surface area contributed by atoms with E-state index in [0.717, 1.165) is 37.6 Å². The van der Waals surface area contributed by atoms with Gasteiger partial charge in [0.05, 0.1) is 42.7 Å². The molecule has 1 fully saturated rings. The zero-order valence-corrected chi connectivity index (χ0v) is 22.8. The summed E-state index contributed by atoms with van der Waals surface area (Å²) in [6, 6.07) is 16.1. The molecule has 0 spiro atoms. The van der Waals surface area contributed by atoms with Crippen molar-refractivity contribution in [3.05, 3.63) is 84.5 Å². The maximum absolute atomic E-state index is 12.7. The number of aliphatic imine (C=N–C) groups is 1. The fourth-order valence-electron chi connectivity index (χ4n) is 5.21. The van der Waals surface area contributed by atoms with Gasteiger partial charge in [0.15, 0.2) is 0 Å². The molecule has 5 N–H and O–H groups in total. The number of carbonyl (C=O) groups is 1. The number of aliphatic hydroxyl groups is 2. The first-order chi connectivity index (χ1) is 19.4. The van der Waals surface area contributed by atoms with Gasteiger partial charge in [-0.25, -0.2) is 4.99 Å². The lowest BCUT2D eigenvalue weighted by Crippen LogP contribution is -2.35. The van der Waals surface area contributed by atoms with Crippen LogP contribution < -0.4 is 20.9 Å². The third-order valence-electron chi connectivity index (χ3n) is 7.38. The Morgan fingerprint density at radius 2 is 1.75 bits per heavy atom.